The normalized spacial score (nSPS) is 15.8. The van der Waals surface area contributed by atoms with Crippen molar-refractivity contribution in [2.24, 2.45) is 0 Å². The summed E-state index contributed by atoms with van der Waals surface area (Å²) < 4.78 is 15.8. The van der Waals surface area contributed by atoms with Crippen LogP contribution in [0.5, 0.6) is 0 Å². The Morgan fingerprint density at radius 3 is 2.47 bits per heavy atom. The number of rotatable bonds is 3. The fourth-order valence-corrected chi connectivity index (χ4v) is 1.87. The van der Waals surface area contributed by atoms with E-state index in [0.717, 1.165) is 11.1 Å². The van der Waals surface area contributed by atoms with E-state index in [1.54, 1.807) is 0 Å². The molecule has 1 aromatic heterocycles. The molecule has 0 atom stereocenters. The van der Waals surface area contributed by atoms with Crippen LogP contribution in [0.4, 0.5) is 0 Å². The summed E-state index contributed by atoms with van der Waals surface area (Å²) in [6, 6.07) is 8.72. The van der Waals surface area contributed by atoms with Crippen LogP contribution in [0.2, 0.25) is 0 Å². The van der Waals surface area contributed by atoms with E-state index in [2.05, 4.69) is 5.16 Å². The van der Waals surface area contributed by atoms with E-state index in [-0.39, 0.29) is 12.0 Å². The van der Waals surface area contributed by atoms with Crippen LogP contribution in [0.3, 0.4) is 0 Å². The third-order valence-corrected chi connectivity index (χ3v) is 2.82. The molecule has 6 heteroatoms. The van der Waals surface area contributed by atoms with E-state index < -0.39 is 5.97 Å². The Morgan fingerprint density at radius 1 is 1.21 bits per heavy atom. The Labute approximate surface area is 108 Å². The average Bonchev–Trinajstić information content (AvgIpc) is 3.11. The van der Waals surface area contributed by atoms with Gasteiger partial charge in [0.25, 0.3) is 0 Å². The van der Waals surface area contributed by atoms with Gasteiger partial charge in [-0.15, -0.1) is 0 Å². The first-order valence-electron chi connectivity index (χ1n) is 5.77. The van der Waals surface area contributed by atoms with E-state index in [1.165, 1.54) is 6.07 Å². The molecule has 0 aliphatic carbocycles. The SMILES string of the molecule is O=C(O)c1cc(-c2ccc(C3OCCO3)cc2)on1. The third-order valence-electron chi connectivity index (χ3n) is 2.82. The van der Waals surface area contributed by atoms with Gasteiger partial charge in [0.05, 0.1) is 13.2 Å². The van der Waals surface area contributed by atoms with Crippen molar-refractivity contribution in [2.45, 2.75) is 6.29 Å². The molecule has 0 spiro atoms. The number of ether oxygens (including phenoxy) is 2. The van der Waals surface area contributed by atoms with Crippen molar-refractivity contribution in [2.75, 3.05) is 13.2 Å². The molecule has 2 aromatic rings. The highest BCUT2D eigenvalue weighted by atomic mass is 16.7. The monoisotopic (exact) mass is 261 g/mol. The molecule has 19 heavy (non-hydrogen) atoms. The minimum atomic E-state index is -1.11. The fourth-order valence-electron chi connectivity index (χ4n) is 1.87. The van der Waals surface area contributed by atoms with Crippen molar-refractivity contribution in [3.63, 3.8) is 0 Å². The van der Waals surface area contributed by atoms with Gasteiger partial charge in [-0.3, -0.25) is 0 Å². The van der Waals surface area contributed by atoms with E-state index >= 15 is 0 Å². The van der Waals surface area contributed by atoms with Gasteiger partial charge in [0.1, 0.15) is 0 Å². The maximum Gasteiger partial charge on any atom is 0.358 e. The Hall–Kier alpha value is -2.18. The molecule has 0 amide bonds. The second-order valence-electron chi connectivity index (χ2n) is 4.08. The zero-order valence-corrected chi connectivity index (χ0v) is 9.91. The Morgan fingerprint density at radius 2 is 1.89 bits per heavy atom. The van der Waals surface area contributed by atoms with Crippen molar-refractivity contribution in [3.05, 3.63) is 41.6 Å². The number of carboxylic acids is 1. The van der Waals surface area contributed by atoms with Gasteiger partial charge in [-0.05, 0) is 0 Å². The van der Waals surface area contributed by atoms with Gasteiger partial charge in [0.2, 0.25) is 0 Å². The molecule has 6 nitrogen and oxygen atoms in total. The molecule has 0 unspecified atom stereocenters. The molecule has 1 aromatic carbocycles. The predicted molar refractivity (Wildman–Crippen MR) is 63.5 cm³/mol. The summed E-state index contributed by atoms with van der Waals surface area (Å²) >= 11 is 0. The highest BCUT2D eigenvalue weighted by molar-refractivity contribution is 5.86. The second-order valence-corrected chi connectivity index (χ2v) is 4.08. The summed E-state index contributed by atoms with van der Waals surface area (Å²) in [5.41, 5.74) is 1.56. The van der Waals surface area contributed by atoms with Gasteiger partial charge in [0.15, 0.2) is 17.7 Å². The maximum atomic E-state index is 10.7. The lowest BCUT2D eigenvalue weighted by Crippen LogP contribution is -1.97. The van der Waals surface area contributed by atoms with E-state index in [9.17, 15) is 4.79 Å². The lowest BCUT2D eigenvalue weighted by molar-refractivity contribution is -0.0441. The summed E-state index contributed by atoms with van der Waals surface area (Å²) in [5.74, 6) is -0.698. The molecule has 1 N–H and O–H groups in total. The molecule has 1 aliphatic heterocycles. The van der Waals surface area contributed by atoms with Crippen molar-refractivity contribution < 1.29 is 23.9 Å². The van der Waals surface area contributed by atoms with Gasteiger partial charge >= 0.3 is 5.97 Å². The summed E-state index contributed by atoms with van der Waals surface area (Å²) in [6.07, 6.45) is -0.321. The Balaban J connectivity index is 1.82. The van der Waals surface area contributed by atoms with Crippen LogP contribution in [0.1, 0.15) is 22.3 Å². The number of nitrogens with zero attached hydrogens (tertiary/aromatic N) is 1. The van der Waals surface area contributed by atoms with Crippen LogP contribution in [0.15, 0.2) is 34.9 Å². The molecule has 0 saturated carbocycles. The van der Waals surface area contributed by atoms with Gasteiger partial charge in [0, 0.05) is 17.2 Å². The van der Waals surface area contributed by atoms with E-state index in [4.69, 9.17) is 19.1 Å². The standard InChI is InChI=1S/C13H11NO5/c15-12(16)10-7-11(19-14-10)8-1-3-9(4-2-8)13-17-5-6-18-13/h1-4,7,13H,5-6H2,(H,15,16). The molecule has 1 aliphatic rings. The summed E-state index contributed by atoms with van der Waals surface area (Å²) in [4.78, 5) is 10.7. The van der Waals surface area contributed by atoms with Crippen LogP contribution < -0.4 is 0 Å². The van der Waals surface area contributed by atoms with Crippen molar-refractivity contribution in [1.82, 2.24) is 5.16 Å². The minimum Gasteiger partial charge on any atom is -0.476 e. The van der Waals surface area contributed by atoms with Gasteiger partial charge < -0.3 is 19.1 Å². The van der Waals surface area contributed by atoms with E-state index in [0.29, 0.717) is 19.0 Å². The average molecular weight is 261 g/mol. The molecule has 1 saturated heterocycles. The van der Waals surface area contributed by atoms with Crippen molar-refractivity contribution in [3.8, 4) is 11.3 Å². The summed E-state index contributed by atoms with van der Waals surface area (Å²) in [6.45, 7) is 1.19. The lowest BCUT2D eigenvalue weighted by atomic mass is 10.1. The van der Waals surface area contributed by atoms with Crippen LogP contribution in [-0.4, -0.2) is 29.4 Å². The van der Waals surface area contributed by atoms with Crippen LogP contribution in [0.25, 0.3) is 11.3 Å². The van der Waals surface area contributed by atoms with Crippen LogP contribution in [0, 0.1) is 0 Å². The maximum absolute atomic E-state index is 10.7. The Kier molecular flexibility index (Phi) is 3.02. The zero-order chi connectivity index (χ0) is 13.2. The first kappa shape index (κ1) is 11.9. The molecule has 3 rings (SSSR count). The van der Waals surface area contributed by atoms with Crippen molar-refractivity contribution >= 4 is 5.97 Å². The largest absolute Gasteiger partial charge is 0.476 e. The molecule has 98 valence electrons. The molecular weight excluding hydrogens is 250 g/mol. The fraction of sp³-hybridized carbons (Fsp3) is 0.231. The van der Waals surface area contributed by atoms with Crippen LogP contribution >= 0.6 is 0 Å². The number of benzene rings is 1. The number of aromatic nitrogens is 1. The predicted octanol–water partition coefficient (Wildman–Crippen LogP) is 2.09. The minimum absolute atomic E-state index is 0.110. The van der Waals surface area contributed by atoms with E-state index in [1.807, 2.05) is 24.3 Å². The van der Waals surface area contributed by atoms with Gasteiger partial charge in [-0.1, -0.05) is 29.4 Å². The summed E-state index contributed by atoms with van der Waals surface area (Å²) in [7, 11) is 0. The molecule has 0 radical (unpaired) electrons. The topological polar surface area (TPSA) is 81.8 Å². The number of carbonyl (C=O) groups is 1. The Bertz CT molecular complexity index is 583. The number of hydrogen-bond acceptors (Lipinski definition) is 5. The first-order valence-corrected chi connectivity index (χ1v) is 5.77. The molecule has 2 heterocycles. The molecule has 0 bridgehead atoms. The summed E-state index contributed by atoms with van der Waals surface area (Å²) in [5, 5.41) is 12.2. The molecular formula is C13H11NO5. The quantitative estimate of drug-likeness (QED) is 0.910. The number of aromatic carboxylic acids is 1. The van der Waals surface area contributed by atoms with Gasteiger partial charge in [-0.25, -0.2) is 4.79 Å². The van der Waals surface area contributed by atoms with Crippen LogP contribution in [-0.2, 0) is 9.47 Å². The molecule has 1 fully saturated rings. The number of carboxylic acid groups (broad SMARTS) is 1. The zero-order valence-electron chi connectivity index (χ0n) is 9.91. The highest BCUT2D eigenvalue weighted by Crippen LogP contribution is 2.26. The smallest absolute Gasteiger partial charge is 0.358 e. The highest BCUT2D eigenvalue weighted by Gasteiger charge is 2.18. The van der Waals surface area contributed by atoms with Gasteiger partial charge in [-0.2, -0.15) is 0 Å². The van der Waals surface area contributed by atoms with Crippen molar-refractivity contribution in [1.29, 1.82) is 0 Å². The third kappa shape index (κ3) is 2.35. The number of hydrogen-bond donors (Lipinski definition) is 1. The second kappa shape index (κ2) is 4.83. The first-order chi connectivity index (χ1) is 9.24. The lowest BCUT2D eigenvalue weighted by Gasteiger charge is -2.08.